The first-order valence-corrected chi connectivity index (χ1v) is 11.4. The van der Waals surface area contributed by atoms with Gasteiger partial charge >= 0.3 is 0 Å². The van der Waals surface area contributed by atoms with Gasteiger partial charge in [-0.2, -0.15) is 5.26 Å². The molecule has 0 atom stereocenters. The van der Waals surface area contributed by atoms with Crippen molar-refractivity contribution in [1.82, 2.24) is 4.90 Å². The van der Waals surface area contributed by atoms with Crippen molar-refractivity contribution >= 4 is 40.3 Å². The molecule has 7 heteroatoms. The first kappa shape index (κ1) is 22.6. The molecule has 1 saturated heterocycles. The van der Waals surface area contributed by atoms with Crippen LogP contribution in [0.1, 0.15) is 22.3 Å². The molecule has 1 heterocycles. The topological polar surface area (TPSA) is 62.6 Å². The van der Waals surface area contributed by atoms with Crippen molar-refractivity contribution in [3.8, 4) is 17.6 Å². The number of thioether (sulfide) groups is 1. The average molecular weight is 473 g/mol. The number of nitrogens with zero attached hydrogens (tertiary/aromatic N) is 2. The Morgan fingerprint density at radius 3 is 2.58 bits per heavy atom. The van der Waals surface area contributed by atoms with Crippen LogP contribution in [0.2, 0.25) is 0 Å². The predicted octanol–water partition coefficient (Wildman–Crippen LogP) is 5.55. The van der Waals surface area contributed by atoms with Crippen molar-refractivity contribution < 1.29 is 14.3 Å². The van der Waals surface area contributed by atoms with Crippen molar-refractivity contribution in [2.45, 2.75) is 13.2 Å². The van der Waals surface area contributed by atoms with Crippen LogP contribution in [0, 0.1) is 11.3 Å². The van der Waals surface area contributed by atoms with E-state index in [9.17, 15) is 10.1 Å². The van der Waals surface area contributed by atoms with Crippen LogP contribution in [-0.4, -0.2) is 22.2 Å². The maximum absolute atomic E-state index is 12.9. The van der Waals surface area contributed by atoms with Gasteiger partial charge in [0.2, 0.25) is 0 Å². The third kappa shape index (κ3) is 5.25. The van der Waals surface area contributed by atoms with E-state index >= 15 is 0 Å². The van der Waals surface area contributed by atoms with E-state index in [1.165, 1.54) is 11.8 Å². The molecule has 4 rings (SSSR count). The number of rotatable bonds is 7. The lowest BCUT2D eigenvalue weighted by Crippen LogP contribution is -2.27. The number of amides is 1. The van der Waals surface area contributed by atoms with E-state index < -0.39 is 0 Å². The van der Waals surface area contributed by atoms with Gasteiger partial charge in [-0.05, 0) is 35.4 Å². The molecule has 1 aliphatic rings. The van der Waals surface area contributed by atoms with Gasteiger partial charge in [0, 0.05) is 5.56 Å². The zero-order chi connectivity index (χ0) is 23.2. The minimum absolute atomic E-state index is 0.110. The zero-order valence-electron chi connectivity index (χ0n) is 17.9. The molecule has 1 fully saturated rings. The highest BCUT2D eigenvalue weighted by Crippen LogP contribution is 2.35. The molecule has 33 heavy (non-hydrogen) atoms. The Kier molecular flexibility index (Phi) is 7.08. The summed E-state index contributed by atoms with van der Waals surface area (Å²) in [4.78, 5) is 15.1. The molecule has 0 aromatic heterocycles. The highest BCUT2D eigenvalue weighted by atomic mass is 32.2. The number of methoxy groups -OCH3 is 1. The fourth-order valence-corrected chi connectivity index (χ4v) is 4.61. The van der Waals surface area contributed by atoms with Crippen LogP contribution < -0.4 is 9.47 Å². The highest BCUT2D eigenvalue weighted by molar-refractivity contribution is 8.26. The standard InChI is InChI=1S/C26H20N2O3S2/c1-30-23-13-19(11-12-22(23)31-17-21-10-6-5-9-20(21)15-27)14-24-25(29)28(26(32)33-24)16-18-7-3-2-4-8-18/h2-14H,16-17H2,1H3/b24-14+. The Morgan fingerprint density at radius 1 is 1.06 bits per heavy atom. The summed E-state index contributed by atoms with van der Waals surface area (Å²) >= 11 is 6.73. The molecule has 1 amide bonds. The Hall–Kier alpha value is -3.60. The smallest absolute Gasteiger partial charge is 0.266 e. The minimum Gasteiger partial charge on any atom is -0.493 e. The summed E-state index contributed by atoms with van der Waals surface area (Å²) in [5, 5.41) is 9.25. The van der Waals surface area contributed by atoms with Crippen molar-refractivity contribution in [3.63, 3.8) is 0 Å². The van der Waals surface area contributed by atoms with Crippen molar-refractivity contribution in [3.05, 3.63) is 100.0 Å². The molecule has 0 aliphatic carbocycles. The van der Waals surface area contributed by atoms with Gasteiger partial charge in [-0.25, -0.2) is 0 Å². The van der Waals surface area contributed by atoms with Gasteiger partial charge in [-0.15, -0.1) is 0 Å². The highest BCUT2D eigenvalue weighted by Gasteiger charge is 2.32. The summed E-state index contributed by atoms with van der Waals surface area (Å²) in [7, 11) is 1.56. The molecule has 0 bridgehead atoms. The van der Waals surface area contributed by atoms with E-state index in [-0.39, 0.29) is 12.5 Å². The van der Waals surface area contributed by atoms with Crippen LogP contribution in [0.4, 0.5) is 0 Å². The molecule has 0 unspecified atom stereocenters. The van der Waals surface area contributed by atoms with Gasteiger partial charge in [0.05, 0.1) is 30.2 Å². The number of ether oxygens (including phenoxy) is 2. The SMILES string of the molecule is COc1cc(/C=C2/SC(=S)N(Cc3ccccc3)C2=O)ccc1OCc1ccccc1C#N. The second kappa shape index (κ2) is 10.3. The summed E-state index contributed by atoms with van der Waals surface area (Å²) in [6.45, 7) is 0.695. The van der Waals surface area contributed by atoms with Gasteiger partial charge in [-0.1, -0.05) is 78.6 Å². The summed E-state index contributed by atoms with van der Waals surface area (Å²) in [5.74, 6) is 0.984. The second-order valence-electron chi connectivity index (χ2n) is 7.22. The number of benzene rings is 3. The first-order valence-electron chi connectivity index (χ1n) is 10.2. The van der Waals surface area contributed by atoms with Crippen molar-refractivity contribution in [1.29, 1.82) is 5.26 Å². The van der Waals surface area contributed by atoms with E-state index in [1.807, 2.05) is 66.7 Å². The van der Waals surface area contributed by atoms with Crippen LogP contribution in [0.5, 0.6) is 11.5 Å². The molecule has 3 aromatic carbocycles. The lowest BCUT2D eigenvalue weighted by molar-refractivity contribution is -0.122. The number of thiocarbonyl (C=S) groups is 1. The summed E-state index contributed by atoms with van der Waals surface area (Å²) in [6.07, 6.45) is 1.81. The Labute approximate surface area is 202 Å². The van der Waals surface area contributed by atoms with E-state index in [0.29, 0.717) is 32.8 Å². The minimum atomic E-state index is -0.110. The van der Waals surface area contributed by atoms with Crippen LogP contribution in [0.15, 0.2) is 77.7 Å². The van der Waals surface area contributed by atoms with Gasteiger partial charge in [0.25, 0.3) is 5.91 Å². The molecule has 1 aliphatic heterocycles. The van der Waals surface area contributed by atoms with Gasteiger partial charge in [0.1, 0.15) is 10.9 Å². The maximum Gasteiger partial charge on any atom is 0.266 e. The summed E-state index contributed by atoms with van der Waals surface area (Å²) in [6, 6.07) is 24.7. The third-order valence-electron chi connectivity index (χ3n) is 5.06. The lowest BCUT2D eigenvalue weighted by Gasteiger charge is -2.14. The molecule has 0 spiro atoms. The molecule has 164 valence electrons. The predicted molar refractivity (Wildman–Crippen MR) is 134 cm³/mol. The number of carbonyl (C=O) groups excluding carboxylic acids is 1. The van der Waals surface area contributed by atoms with Crippen molar-refractivity contribution in [2.24, 2.45) is 0 Å². The van der Waals surface area contributed by atoms with Crippen LogP contribution >= 0.6 is 24.0 Å². The van der Waals surface area contributed by atoms with Crippen LogP contribution in [-0.2, 0) is 17.9 Å². The maximum atomic E-state index is 12.9. The van der Waals surface area contributed by atoms with Gasteiger partial charge in [-0.3, -0.25) is 9.69 Å². The van der Waals surface area contributed by atoms with E-state index in [1.54, 1.807) is 24.1 Å². The first-order chi connectivity index (χ1) is 16.1. The van der Waals surface area contributed by atoms with E-state index in [4.69, 9.17) is 21.7 Å². The van der Waals surface area contributed by atoms with E-state index in [2.05, 4.69) is 6.07 Å². The monoisotopic (exact) mass is 472 g/mol. The Bertz CT molecular complexity index is 1270. The number of hydrogen-bond donors (Lipinski definition) is 0. The number of nitriles is 1. The zero-order valence-corrected chi connectivity index (χ0v) is 19.5. The molecular formula is C26H20N2O3S2. The quantitative estimate of drug-likeness (QED) is 0.332. The fraction of sp³-hybridized carbons (Fsp3) is 0.115. The van der Waals surface area contributed by atoms with E-state index in [0.717, 1.165) is 16.7 Å². The van der Waals surface area contributed by atoms with Crippen LogP contribution in [0.3, 0.4) is 0 Å². The number of carbonyl (C=O) groups is 1. The lowest BCUT2D eigenvalue weighted by atomic mass is 10.1. The second-order valence-corrected chi connectivity index (χ2v) is 8.90. The third-order valence-corrected chi connectivity index (χ3v) is 6.44. The molecule has 0 radical (unpaired) electrons. The normalized spacial score (nSPS) is 14.4. The largest absolute Gasteiger partial charge is 0.493 e. The Morgan fingerprint density at radius 2 is 1.82 bits per heavy atom. The average Bonchev–Trinajstić information content (AvgIpc) is 3.11. The fourth-order valence-electron chi connectivity index (χ4n) is 3.36. The molecular weight excluding hydrogens is 452 g/mol. The van der Waals surface area contributed by atoms with Crippen LogP contribution in [0.25, 0.3) is 6.08 Å². The van der Waals surface area contributed by atoms with Gasteiger partial charge in [0.15, 0.2) is 11.5 Å². The molecule has 0 N–H and O–H groups in total. The summed E-state index contributed by atoms with van der Waals surface area (Å²) in [5.41, 5.74) is 3.20. The number of hydrogen-bond acceptors (Lipinski definition) is 6. The molecule has 0 saturated carbocycles. The summed E-state index contributed by atoms with van der Waals surface area (Å²) < 4.78 is 11.9. The Balaban J connectivity index is 1.50. The molecule has 5 nitrogen and oxygen atoms in total. The molecule has 3 aromatic rings. The van der Waals surface area contributed by atoms with Gasteiger partial charge < -0.3 is 9.47 Å². The van der Waals surface area contributed by atoms with Crippen molar-refractivity contribution in [2.75, 3.05) is 7.11 Å².